The second kappa shape index (κ2) is 10.2. The number of ether oxygens (including phenoxy) is 2. The molecule has 12 heteroatoms. The number of likely N-dealkylation sites (N-methyl/N-ethyl adjacent to an activating group) is 1. The fraction of sp³-hybridized carbons (Fsp3) is 0.464. The Morgan fingerprint density at radius 3 is 2.75 bits per heavy atom. The Hall–Kier alpha value is -3.41. The molecule has 3 saturated heterocycles. The lowest BCUT2D eigenvalue weighted by molar-refractivity contribution is -0.128. The number of hydrogen-bond donors (Lipinski definition) is 1. The number of phenolic OH excluding ortho intramolecular Hbond substituents is 1. The van der Waals surface area contributed by atoms with Crippen molar-refractivity contribution in [1.82, 2.24) is 19.7 Å². The van der Waals surface area contributed by atoms with Crippen molar-refractivity contribution in [3.05, 3.63) is 47.3 Å². The van der Waals surface area contributed by atoms with Gasteiger partial charge < -0.3 is 29.3 Å². The predicted octanol–water partition coefficient (Wildman–Crippen LogP) is 2.39. The zero-order chi connectivity index (χ0) is 28.3. The summed E-state index contributed by atoms with van der Waals surface area (Å²) < 4.78 is 27.4. The average Bonchev–Trinajstić information content (AvgIpc) is 3.20. The lowest BCUT2D eigenvalue weighted by Crippen LogP contribution is -2.57. The van der Waals surface area contributed by atoms with Crippen LogP contribution in [0, 0.1) is 5.82 Å². The number of benzene rings is 1. The van der Waals surface area contributed by atoms with Crippen LogP contribution in [0.25, 0.3) is 11.3 Å². The molecule has 5 heterocycles. The largest absolute Gasteiger partial charge is 0.507 e. The SMILES string of the molecule is C=CC(=O)N1CCN2C(=O)c3c(N4CC5OCCN(C)C5[C@@H]4C)nc(-c4c(O)cccc4F)c(Cl)c3OC[C@H]2C1. The maximum absolute atomic E-state index is 15.1. The van der Waals surface area contributed by atoms with Crippen LogP contribution in [0.4, 0.5) is 10.2 Å². The Kier molecular flexibility index (Phi) is 6.84. The van der Waals surface area contributed by atoms with Crippen LogP contribution in [-0.4, -0.2) is 114 Å². The number of fused-ring (bicyclic) bond motifs is 3. The highest BCUT2D eigenvalue weighted by molar-refractivity contribution is 6.35. The van der Waals surface area contributed by atoms with Crippen LogP contribution in [0.2, 0.25) is 5.02 Å². The summed E-state index contributed by atoms with van der Waals surface area (Å²) in [5, 5.41) is 10.6. The molecule has 3 fully saturated rings. The van der Waals surface area contributed by atoms with E-state index >= 15 is 4.39 Å². The smallest absolute Gasteiger partial charge is 0.261 e. The van der Waals surface area contributed by atoms with Crippen molar-refractivity contribution in [1.29, 1.82) is 0 Å². The monoisotopic (exact) mass is 571 g/mol. The summed E-state index contributed by atoms with van der Waals surface area (Å²) in [6, 6.07) is 3.47. The molecule has 1 aromatic carbocycles. The molecule has 40 heavy (non-hydrogen) atoms. The van der Waals surface area contributed by atoms with E-state index in [-0.39, 0.29) is 76.5 Å². The van der Waals surface area contributed by atoms with Crippen molar-refractivity contribution in [2.75, 3.05) is 57.9 Å². The van der Waals surface area contributed by atoms with Gasteiger partial charge in [-0.2, -0.15) is 0 Å². The van der Waals surface area contributed by atoms with Gasteiger partial charge in [-0.1, -0.05) is 24.2 Å². The third-order valence-corrected chi connectivity index (χ3v) is 8.82. The number of hydrogen-bond acceptors (Lipinski definition) is 8. The Balaban J connectivity index is 1.51. The number of anilines is 1. The van der Waals surface area contributed by atoms with E-state index in [9.17, 15) is 14.7 Å². The van der Waals surface area contributed by atoms with Gasteiger partial charge in [0.25, 0.3) is 5.91 Å². The highest BCUT2D eigenvalue weighted by Gasteiger charge is 2.48. The molecular weight excluding hydrogens is 541 g/mol. The number of carbonyl (C=O) groups excluding carboxylic acids is 2. The molecule has 212 valence electrons. The first-order chi connectivity index (χ1) is 19.2. The summed E-state index contributed by atoms with van der Waals surface area (Å²) >= 11 is 6.84. The quantitative estimate of drug-likeness (QED) is 0.561. The van der Waals surface area contributed by atoms with E-state index < -0.39 is 11.9 Å². The van der Waals surface area contributed by atoms with Crippen molar-refractivity contribution < 1.29 is 28.6 Å². The van der Waals surface area contributed by atoms with Crippen LogP contribution < -0.4 is 9.64 Å². The van der Waals surface area contributed by atoms with Gasteiger partial charge in [0, 0.05) is 38.8 Å². The molecule has 6 rings (SSSR count). The summed E-state index contributed by atoms with van der Waals surface area (Å²) in [4.78, 5) is 38.9. The molecule has 10 nitrogen and oxygen atoms in total. The molecule has 4 atom stereocenters. The van der Waals surface area contributed by atoms with Gasteiger partial charge in [-0.05, 0) is 32.2 Å². The molecule has 0 aliphatic carbocycles. The Bertz CT molecular complexity index is 1370. The molecule has 4 aliphatic rings. The number of aromatic nitrogens is 1. The summed E-state index contributed by atoms with van der Waals surface area (Å²) in [6.07, 6.45) is 1.14. The normalized spacial score (nSPS) is 26.5. The third-order valence-electron chi connectivity index (χ3n) is 8.47. The molecule has 0 saturated carbocycles. The molecular formula is C28H31ClFN5O5. The van der Waals surface area contributed by atoms with E-state index in [0.29, 0.717) is 32.1 Å². The van der Waals surface area contributed by atoms with Gasteiger partial charge in [0.1, 0.15) is 40.3 Å². The highest BCUT2D eigenvalue weighted by atomic mass is 35.5. The molecule has 2 amide bonds. The Labute approximate surface area is 236 Å². The van der Waals surface area contributed by atoms with Gasteiger partial charge in [-0.25, -0.2) is 9.37 Å². The number of carbonyl (C=O) groups is 2. The first-order valence-electron chi connectivity index (χ1n) is 13.4. The van der Waals surface area contributed by atoms with E-state index in [2.05, 4.69) is 11.5 Å². The summed E-state index contributed by atoms with van der Waals surface area (Å²) in [5.74, 6) is -1.20. The Morgan fingerprint density at radius 1 is 1.23 bits per heavy atom. The van der Waals surface area contributed by atoms with Crippen LogP contribution in [-0.2, 0) is 9.53 Å². The van der Waals surface area contributed by atoms with Gasteiger partial charge in [-0.3, -0.25) is 14.5 Å². The standard InChI is InChI=1S/C28H31ClFN5O5/c1-4-20(37)33-8-9-34-16(12-33)14-40-26-22(28(34)38)27(35-13-19-25(15(35)2)32(3)10-11-39-19)31-24(23(26)29)21-17(30)6-5-7-18(21)36/h4-7,15-16,19,25,36H,1,8-14H2,2-3H3/t15-,16+,19?,25?/m0/s1. The van der Waals surface area contributed by atoms with Crippen molar-refractivity contribution >= 4 is 29.2 Å². The number of halogens is 2. The molecule has 0 radical (unpaired) electrons. The predicted molar refractivity (Wildman–Crippen MR) is 146 cm³/mol. The first-order valence-corrected chi connectivity index (χ1v) is 13.7. The van der Waals surface area contributed by atoms with E-state index in [1.54, 1.807) is 9.80 Å². The van der Waals surface area contributed by atoms with Gasteiger partial charge >= 0.3 is 0 Å². The number of morpholine rings is 1. The number of amides is 2. The molecule has 2 aromatic rings. The average molecular weight is 572 g/mol. The van der Waals surface area contributed by atoms with Crippen molar-refractivity contribution in [3.63, 3.8) is 0 Å². The fourth-order valence-corrected chi connectivity index (χ4v) is 6.73. The van der Waals surface area contributed by atoms with Crippen LogP contribution >= 0.6 is 11.6 Å². The summed E-state index contributed by atoms with van der Waals surface area (Å²) in [6.45, 7) is 8.43. The lowest BCUT2D eigenvalue weighted by Gasteiger charge is -2.39. The van der Waals surface area contributed by atoms with Crippen LogP contribution in [0.1, 0.15) is 17.3 Å². The number of aromatic hydroxyl groups is 1. The number of phenols is 1. The number of pyridine rings is 1. The minimum atomic E-state index is -0.706. The van der Waals surface area contributed by atoms with Gasteiger partial charge in [0.15, 0.2) is 5.75 Å². The van der Waals surface area contributed by atoms with Crippen molar-refractivity contribution in [3.8, 4) is 22.8 Å². The van der Waals surface area contributed by atoms with E-state index in [1.165, 1.54) is 24.3 Å². The Morgan fingerprint density at radius 2 is 2.02 bits per heavy atom. The number of nitrogens with zero attached hydrogens (tertiary/aromatic N) is 5. The molecule has 0 bridgehead atoms. The summed E-state index contributed by atoms with van der Waals surface area (Å²) in [5.41, 5.74) is -0.00261. The van der Waals surface area contributed by atoms with E-state index in [0.717, 1.165) is 6.54 Å². The zero-order valence-electron chi connectivity index (χ0n) is 22.3. The summed E-state index contributed by atoms with van der Waals surface area (Å²) in [7, 11) is 2.04. The van der Waals surface area contributed by atoms with Crippen molar-refractivity contribution in [2.24, 2.45) is 0 Å². The molecule has 0 spiro atoms. The fourth-order valence-electron chi connectivity index (χ4n) is 6.44. The minimum absolute atomic E-state index is 0.0153. The van der Waals surface area contributed by atoms with E-state index in [4.69, 9.17) is 26.1 Å². The molecule has 4 aliphatic heterocycles. The lowest BCUT2D eigenvalue weighted by atomic mass is 10.0. The van der Waals surface area contributed by atoms with Gasteiger partial charge in [0.05, 0.1) is 30.4 Å². The van der Waals surface area contributed by atoms with Gasteiger partial charge in [0.2, 0.25) is 5.91 Å². The second-order valence-electron chi connectivity index (χ2n) is 10.7. The topological polar surface area (TPSA) is 98.7 Å². The first kappa shape index (κ1) is 26.8. The van der Waals surface area contributed by atoms with Crippen LogP contribution in [0.15, 0.2) is 30.9 Å². The third kappa shape index (κ3) is 4.18. The maximum atomic E-state index is 15.1. The highest BCUT2D eigenvalue weighted by Crippen LogP contribution is 2.47. The molecule has 2 unspecified atom stereocenters. The van der Waals surface area contributed by atoms with Gasteiger partial charge in [-0.15, -0.1) is 0 Å². The molecule has 1 N–H and O–H groups in total. The zero-order valence-corrected chi connectivity index (χ0v) is 23.1. The van der Waals surface area contributed by atoms with Crippen LogP contribution in [0.5, 0.6) is 11.5 Å². The number of rotatable bonds is 3. The number of piperazine rings is 1. The second-order valence-corrected chi connectivity index (χ2v) is 11.0. The van der Waals surface area contributed by atoms with Crippen LogP contribution in [0.3, 0.4) is 0 Å². The minimum Gasteiger partial charge on any atom is -0.507 e. The van der Waals surface area contributed by atoms with Crippen molar-refractivity contribution in [2.45, 2.75) is 31.2 Å². The van der Waals surface area contributed by atoms with E-state index in [1.807, 2.05) is 18.9 Å². The molecule has 1 aromatic heterocycles. The maximum Gasteiger partial charge on any atom is 0.261 e.